The van der Waals surface area contributed by atoms with Crippen molar-refractivity contribution in [3.05, 3.63) is 24.2 Å². The van der Waals surface area contributed by atoms with E-state index in [1.807, 2.05) is 6.07 Å². The molecule has 3 nitrogen and oxygen atoms in total. The Morgan fingerprint density at radius 1 is 1.14 bits per heavy atom. The lowest BCUT2D eigenvalue weighted by Gasteiger charge is -2.26. The molecule has 120 valence electrons. The highest BCUT2D eigenvalue weighted by atomic mass is 16.3. The zero-order valence-electron chi connectivity index (χ0n) is 13.7. The molecule has 0 amide bonds. The summed E-state index contributed by atoms with van der Waals surface area (Å²) in [5.74, 6) is 1.12. The fourth-order valence-electron chi connectivity index (χ4n) is 3.21. The maximum absolute atomic E-state index is 5.65. The van der Waals surface area contributed by atoms with Crippen LogP contribution in [0, 0.1) is 0 Å². The number of nitrogens with zero attached hydrogens (tertiary/aromatic N) is 1. The molecule has 1 saturated heterocycles. The molecule has 0 aromatic carbocycles. The minimum atomic E-state index is 0.419. The van der Waals surface area contributed by atoms with E-state index in [1.165, 1.54) is 64.5 Å². The predicted molar refractivity (Wildman–Crippen MR) is 88.5 cm³/mol. The molecule has 1 fully saturated rings. The summed E-state index contributed by atoms with van der Waals surface area (Å²) in [5.41, 5.74) is 0. The van der Waals surface area contributed by atoms with Gasteiger partial charge in [0, 0.05) is 6.54 Å². The first-order valence-electron chi connectivity index (χ1n) is 8.90. The molecular formula is C18H32N2O. The van der Waals surface area contributed by atoms with Crippen molar-refractivity contribution in [1.29, 1.82) is 0 Å². The Kier molecular flexibility index (Phi) is 7.90. The van der Waals surface area contributed by atoms with Crippen molar-refractivity contribution >= 4 is 0 Å². The molecule has 0 radical (unpaired) electrons. The number of unbranched alkanes of at least 4 members (excludes halogenated alkanes) is 5. The van der Waals surface area contributed by atoms with Crippen LogP contribution in [0.1, 0.15) is 70.1 Å². The number of nitrogens with one attached hydrogen (secondary N) is 1. The van der Waals surface area contributed by atoms with Crippen molar-refractivity contribution in [2.45, 2.75) is 64.3 Å². The number of rotatable bonds is 11. The summed E-state index contributed by atoms with van der Waals surface area (Å²) < 4.78 is 5.65. The minimum Gasteiger partial charge on any atom is -0.468 e. The van der Waals surface area contributed by atoms with E-state index in [1.54, 1.807) is 6.26 Å². The van der Waals surface area contributed by atoms with E-state index in [0.29, 0.717) is 6.04 Å². The normalized spacial score (nSPS) is 17.4. The third kappa shape index (κ3) is 5.84. The van der Waals surface area contributed by atoms with Crippen molar-refractivity contribution in [2.24, 2.45) is 0 Å². The molecule has 21 heavy (non-hydrogen) atoms. The Labute approximate surface area is 130 Å². The van der Waals surface area contributed by atoms with Gasteiger partial charge in [0.15, 0.2) is 0 Å². The average molecular weight is 292 g/mol. The van der Waals surface area contributed by atoms with Gasteiger partial charge in [0.2, 0.25) is 0 Å². The lowest BCUT2D eigenvalue weighted by atomic mass is 10.1. The summed E-state index contributed by atoms with van der Waals surface area (Å²) in [6.07, 6.45) is 12.6. The predicted octanol–water partition coefficient (Wildman–Crippen LogP) is 4.37. The number of hydrogen-bond donors (Lipinski definition) is 1. The molecule has 1 N–H and O–H groups in total. The van der Waals surface area contributed by atoms with E-state index in [0.717, 1.165) is 18.8 Å². The van der Waals surface area contributed by atoms with Gasteiger partial charge in [-0.2, -0.15) is 0 Å². The highest BCUT2D eigenvalue weighted by Crippen LogP contribution is 2.24. The second-order valence-electron chi connectivity index (χ2n) is 6.25. The van der Waals surface area contributed by atoms with Crippen LogP contribution in [0.2, 0.25) is 0 Å². The maximum atomic E-state index is 5.65. The van der Waals surface area contributed by atoms with Crippen molar-refractivity contribution in [3.63, 3.8) is 0 Å². The fraction of sp³-hybridized carbons (Fsp3) is 0.778. The van der Waals surface area contributed by atoms with E-state index in [-0.39, 0.29) is 0 Å². The zero-order chi connectivity index (χ0) is 14.8. The van der Waals surface area contributed by atoms with Crippen LogP contribution in [-0.4, -0.2) is 31.1 Å². The third-order valence-corrected chi connectivity index (χ3v) is 4.50. The van der Waals surface area contributed by atoms with Crippen LogP contribution in [0.4, 0.5) is 0 Å². The quantitative estimate of drug-likeness (QED) is 0.614. The zero-order valence-corrected chi connectivity index (χ0v) is 13.7. The topological polar surface area (TPSA) is 28.4 Å². The first-order chi connectivity index (χ1) is 10.4. The molecule has 1 aromatic rings. The average Bonchev–Trinajstić information content (AvgIpc) is 3.19. The van der Waals surface area contributed by atoms with Gasteiger partial charge in [-0.25, -0.2) is 0 Å². The van der Waals surface area contributed by atoms with Gasteiger partial charge in [-0.05, 0) is 51.0 Å². The third-order valence-electron chi connectivity index (χ3n) is 4.50. The highest BCUT2D eigenvalue weighted by Gasteiger charge is 2.24. The number of furan rings is 1. The molecular weight excluding hydrogens is 260 g/mol. The van der Waals surface area contributed by atoms with E-state index in [4.69, 9.17) is 4.42 Å². The lowest BCUT2D eigenvalue weighted by molar-refractivity contribution is 0.209. The molecule has 0 aliphatic carbocycles. The highest BCUT2D eigenvalue weighted by molar-refractivity contribution is 5.06. The molecule has 0 bridgehead atoms. The van der Waals surface area contributed by atoms with Crippen molar-refractivity contribution < 1.29 is 4.42 Å². The summed E-state index contributed by atoms with van der Waals surface area (Å²) in [6, 6.07) is 4.55. The smallest absolute Gasteiger partial charge is 0.122 e. The Morgan fingerprint density at radius 2 is 1.90 bits per heavy atom. The number of hydrogen-bond acceptors (Lipinski definition) is 3. The molecule has 2 rings (SSSR count). The maximum Gasteiger partial charge on any atom is 0.122 e. The number of likely N-dealkylation sites (tertiary alicyclic amines) is 1. The Morgan fingerprint density at radius 3 is 2.62 bits per heavy atom. The molecule has 1 unspecified atom stereocenters. The Bertz CT molecular complexity index is 344. The van der Waals surface area contributed by atoms with Crippen molar-refractivity contribution in [1.82, 2.24) is 10.2 Å². The summed E-state index contributed by atoms with van der Waals surface area (Å²) >= 11 is 0. The van der Waals surface area contributed by atoms with Crippen LogP contribution in [0.25, 0.3) is 0 Å². The van der Waals surface area contributed by atoms with Gasteiger partial charge < -0.3 is 9.73 Å². The fourth-order valence-corrected chi connectivity index (χ4v) is 3.21. The standard InChI is InChI=1S/C18H32N2O/c1-2-3-4-5-6-7-12-19-16-17(18-11-10-15-21-18)20-13-8-9-14-20/h10-11,15,17,19H,2-9,12-14,16H2,1H3. The molecule has 1 aliphatic rings. The SMILES string of the molecule is CCCCCCCCNCC(c1ccco1)N1CCCC1. The van der Waals surface area contributed by atoms with Crippen molar-refractivity contribution in [3.8, 4) is 0 Å². The van der Waals surface area contributed by atoms with E-state index in [2.05, 4.69) is 23.2 Å². The molecule has 1 atom stereocenters. The second-order valence-corrected chi connectivity index (χ2v) is 6.25. The molecule has 0 saturated carbocycles. The van der Waals surface area contributed by atoms with E-state index < -0.39 is 0 Å². The molecule has 3 heteroatoms. The van der Waals surface area contributed by atoms with E-state index >= 15 is 0 Å². The first kappa shape index (κ1) is 16.6. The van der Waals surface area contributed by atoms with Crippen molar-refractivity contribution in [2.75, 3.05) is 26.2 Å². The minimum absolute atomic E-state index is 0.419. The summed E-state index contributed by atoms with van der Waals surface area (Å²) in [6.45, 7) is 6.85. The van der Waals surface area contributed by atoms with Gasteiger partial charge in [-0.15, -0.1) is 0 Å². The summed E-state index contributed by atoms with van der Waals surface area (Å²) in [4.78, 5) is 2.56. The summed E-state index contributed by atoms with van der Waals surface area (Å²) in [7, 11) is 0. The Hall–Kier alpha value is -0.800. The van der Waals surface area contributed by atoms with Crippen LogP contribution >= 0.6 is 0 Å². The van der Waals surface area contributed by atoms with Crippen LogP contribution in [0.3, 0.4) is 0 Å². The second kappa shape index (κ2) is 10.0. The van der Waals surface area contributed by atoms with Crippen LogP contribution in [0.5, 0.6) is 0 Å². The molecule has 0 spiro atoms. The van der Waals surface area contributed by atoms with Crippen LogP contribution in [0.15, 0.2) is 22.8 Å². The Balaban J connectivity index is 1.63. The monoisotopic (exact) mass is 292 g/mol. The van der Waals surface area contributed by atoms with E-state index in [9.17, 15) is 0 Å². The van der Waals surface area contributed by atoms with Gasteiger partial charge in [-0.1, -0.05) is 39.0 Å². The van der Waals surface area contributed by atoms with Crippen LogP contribution in [-0.2, 0) is 0 Å². The van der Waals surface area contributed by atoms with Gasteiger partial charge in [0.25, 0.3) is 0 Å². The molecule has 2 heterocycles. The molecule has 1 aromatic heterocycles. The lowest BCUT2D eigenvalue weighted by Crippen LogP contribution is -2.34. The first-order valence-corrected chi connectivity index (χ1v) is 8.90. The molecule has 1 aliphatic heterocycles. The van der Waals surface area contributed by atoms with Gasteiger partial charge in [0.1, 0.15) is 5.76 Å². The van der Waals surface area contributed by atoms with Gasteiger partial charge in [-0.3, -0.25) is 4.90 Å². The largest absolute Gasteiger partial charge is 0.468 e. The van der Waals surface area contributed by atoms with Crippen LogP contribution < -0.4 is 5.32 Å². The van der Waals surface area contributed by atoms with Gasteiger partial charge >= 0.3 is 0 Å². The van der Waals surface area contributed by atoms with Gasteiger partial charge in [0.05, 0.1) is 12.3 Å². The summed E-state index contributed by atoms with van der Waals surface area (Å²) in [5, 5.41) is 3.64.